The van der Waals surface area contributed by atoms with Gasteiger partial charge in [-0.05, 0) is 26.3 Å². The topological polar surface area (TPSA) is 134 Å². The van der Waals surface area contributed by atoms with E-state index in [0.29, 0.717) is 37.5 Å². The van der Waals surface area contributed by atoms with Crippen molar-refractivity contribution in [3.05, 3.63) is 10.6 Å². The van der Waals surface area contributed by atoms with Gasteiger partial charge in [-0.3, -0.25) is 14.5 Å². The fourth-order valence-corrected chi connectivity index (χ4v) is 7.09. The van der Waals surface area contributed by atoms with Gasteiger partial charge in [-0.1, -0.05) is 6.92 Å². The number of carbonyl (C=O) groups is 3. The first kappa shape index (κ1) is 24.5. The molecule has 33 heavy (non-hydrogen) atoms. The zero-order valence-corrected chi connectivity index (χ0v) is 20.0. The van der Waals surface area contributed by atoms with Crippen LogP contribution in [-0.4, -0.2) is 117 Å². The van der Waals surface area contributed by atoms with Crippen molar-refractivity contribution in [1.29, 1.82) is 0 Å². The third kappa shape index (κ3) is 4.53. The summed E-state index contributed by atoms with van der Waals surface area (Å²) in [7, 11) is 0. The number of β-amino-alcohol motifs (C(OH)–C–C–N with tert-alkyl or cyclic N) is 1. The minimum absolute atomic E-state index is 0.0300. The Morgan fingerprint density at radius 2 is 2.00 bits per heavy atom. The second-order valence-electron chi connectivity index (χ2n) is 9.45. The molecule has 2 amide bonds. The summed E-state index contributed by atoms with van der Waals surface area (Å²) < 4.78 is 0. The Morgan fingerprint density at radius 3 is 2.67 bits per heavy atom. The lowest BCUT2D eigenvalue weighted by atomic mass is 9.79. The highest BCUT2D eigenvalue weighted by atomic mass is 32.2. The maximum Gasteiger partial charge on any atom is 0.353 e. The monoisotopic (exact) mass is 482 g/mol. The van der Waals surface area contributed by atoms with Gasteiger partial charge >= 0.3 is 5.97 Å². The van der Waals surface area contributed by atoms with E-state index < -0.39 is 18.0 Å². The van der Waals surface area contributed by atoms with Crippen LogP contribution in [0.4, 0.5) is 0 Å². The van der Waals surface area contributed by atoms with Crippen molar-refractivity contribution in [2.24, 2.45) is 11.8 Å². The van der Waals surface area contributed by atoms with Crippen molar-refractivity contribution < 1.29 is 29.7 Å². The van der Waals surface area contributed by atoms with E-state index in [1.54, 1.807) is 6.92 Å². The number of aliphatic hydroxyl groups is 2. The van der Waals surface area contributed by atoms with E-state index in [4.69, 9.17) is 5.11 Å². The predicted molar refractivity (Wildman–Crippen MR) is 122 cm³/mol. The van der Waals surface area contributed by atoms with Gasteiger partial charge in [-0.15, -0.1) is 11.8 Å². The molecule has 11 heteroatoms. The summed E-state index contributed by atoms with van der Waals surface area (Å²) in [5, 5.41) is 32.3. The molecule has 3 saturated heterocycles. The molecule has 4 aliphatic heterocycles. The van der Waals surface area contributed by atoms with Crippen LogP contribution in [0.15, 0.2) is 10.6 Å². The van der Waals surface area contributed by atoms with E-state index in [-0.39, 0.29) is 47.4 Å². The summed E-state index contributed by atoms with van der Waals surface area (Å²) in [6.45, 7) is 7.77. The normalized spacial score (nSPS) is 33.7. The number of aliphatic hydroxyl groups excluding tert-OH is 2. The zero-order valence-electron chi connectivity index (χ0n) is 19.1. The highest BCUT2D eigenvalue weighted by molar-refractivity contribution is 8.03. The molecule has 184 valence electrons. The van der Waals surface area contributed by atoms with Crippen LogP contribution in [0.1, 0.15) is 26.7 Å². The van der Waals surface area contributed by atoms with Gasteiger partial charge in [-0.2, -0.15) is 0 Å². The highest BCUT2D eigenvalue weighted by Gasteiger charge is 2.60. The van der Waals surface area contributed by atoms with Crippen LogP contribution in [0.3, 0.4) is 0 Å². The molecule has 0 spiro atoms. The van der Waals surface area contributed by atoms with E-state index in [2.05, 4.69) is 10.2 Å². The molecule has 4 heterocycles. The van der Waals surface area contributed by atoms with Crippen LogP contribution in [0, 0.1) is 11.8 Å². The number of amides is 2. The van der Waals surface area contributed by atoms with Crippen molar-refractivity contribution in [3.63, 3.8) is 0 Å². The summed E-state index contributed by atoms with van der Waals surface area (Å²) in [4.78, 5) is 43.7. The lowest BCUT2D eigenvalue weighted by molar-refractivity contribution is -0.163. The van der Waals surface area contributed by atoms with Gasteiger partial charge in [0.05, 0.1) is 30.7 Å². The molecule has 10 nitrogen and oxygen atoms in total. The number of carbonyl (C=O) groups excluding carboxylic acids is 2. The summed E-state index contributed by atoms with van der Waals surface area (Å²) in [6.07, 6.45) is 0.651. The summed E-state index contributed by atoms with van der Waals surface area (Å²) >= 11 is 1.46. The molecular formula is C22H34N4O6S. The molecule has 4 N–H and O–H groups in total. The number of rotatable bonds is 7. The smallest absolute Gasteiger partial charge is 0.353 e. The number of carboxylic acids is 1. The number of carboxylic acid groups (broad SMARTS) is 1. The Labute approximate surface area is 198 Å². The maximum atomic E-state index is 13.1. The first-order chi connectivity index (χ1) is 15.7. The number of fused-ring (bicyclic) bond motifs is 1. The van der Waals surface area contributed by atoms with E-state index >= 15 is 0 Å². The number of thioether (sulfide) groups is 1. The largest absolute Gasteiger partial charge is 0.477 e. The molecule has 0 aliphatic carbocycles. The van der Waals surface area contributed by atoms with Crippen LogP contribution >= 0.6 is 11.8 Å². The van der Waals surface area contributed by atoms with E-state index in [1.165, 1.54) is 16.7 Å². The van der Waals surface area contributed by atoms with E-state index in [0.717, 1.165) is 19.5 Å². The quantitative estimate of drug-likeness (QED) is 0.342. The van der Waals surface area contributed by atoms with Crippen LogP contribution in [0.5, 0.6) is 0 Å². The van der Waals surface area contributed by atoms with Crippen molar-refractivity contribution in [2.75, 3.05) is 45.9 Å². The fourth-order valence-electron chi connectivity index (χ4n) is 5.62. The molecule has 4 rings (SSSR count). The van der Waals surface area contributed by atoms with Gasteiger partial charge in [0.15, 0.2) is 0 Å². The van der Waals surface area contributed by atoms with Crippen molar-refractivity contribution in [1.82, 2.24) is 20.0 Å². The number of nitrogens with zero attached hydrogens (tertiary/aromatic N) is 3. The SMILES string of the molecule is CC(O)C1C(=O)N2C(C(=O)O)=C(SC3CNC(C(=O)N4CCCN(CCO)CC4)C3)C(C)[C@H]12. The number of β-lactam (4-membered cyclic amide) rings is 1. The standard InChI is InChI=1S/C22H34N4O6S/c1-12-17-16(13(2)28)21(30)26(17)18(22(31)32)19(12)33-14-10-15(23-11-14)20(29)25-5-3-4-24(6-7-25)8-9-27/h12-17,23,27-28H,3-11H2,1-2H3,(H,31,32)/t12?,13?,14?,15?,16?,17-/m1/s1. The Hall–Kier alpha value is -1.66. The van der Waals surface area contributed by atoms with Gasteiger partial charge in [0.2, 0.25) is 11.8 Å². The molecular weight excluding hydrogens is 448 g/mol. The molecule has 0 saturated carbocycles. The lowest BCUT2D eigenvalue weighted by Crippen LogP contribution is -2.63. The zero-order chi connectivity index (χ0) is 23.9. The molecule has 5 unspecified atom stereocenters. The molecule has 3 fully saturated rings. The lowest BCUT2D eigenvalue weighted by Gasteiger charge is -2.46. The summed E-state index contributed by atoms with van der Waals surface area (Å²) in [5.74, 6) is -2.12. The fraction of sp³-hybridized carbons (Fsp3) is 0.773. The Balaban J connectivity index is 1.39. The van der Waals surface area contributed by atoms with E-state index in [9.17, 15) is 24.6 Å². The van der Waals surface area contributed by atoms with Crippen molar-refractivity contribution in [3.8, 4) is 0 Å². The molecule has 4 aliphatic rings. The molecule has 0 radical (unpaired) electrons. The maximum absolute atomic E-state index is 13.1. The molecule has 0 aromatic carbocycles. The highest BCUT2D eigenvalue weighted by Crippen LogP contribution is 2.51. The predicted octanol–water partition coefficient (Wildman–Crippen LogP) is -0.870. The van der Waals surface area contributed by atoms with Crippen LogP contribution in [0.25, 0.3) is 0 Å². The average molecular weight is 483 g/mol. The second kappa shape index (κ2) is 9.91. The number of aliphatic carboxylic acids is 1. The van der Waals surface area contributed by atoms with Gasteiger partial charge in [0.25, 0.3) is 0 Å². The van der Waals surface area contributed by atoms with Gasteiger partial charge < -0.3 is 30.4 Å². The van der Waals surface area contributed by atoms with Crippen molar-refractivity contribution >= 4 is 29.5 Å². The van der Waals surface area contributed by atoms with Crippen molar-refractivity contribution in [2.45, 2.75) is 50.1 Å². The Bertz CT molecular complexity index is 836. The second-order valence-corrected chi connectivity index (χ2v) is 10.8. The Morgan fingerprint density at radius 1 is 1.24 bits per heavy atom. The van der Waals surface area contributed by atoms with Crippen LogP contribution in [0.2, 0.25) is 0 Å². The summed E-state index contributed by atoms with van der Waals surface area (Å²) in [5.41, 5.74) is 0.0330. The van der Waals surface area contributed by atoms with Gasteiger partial charge in [0.1, 0.15) is 5.70 Å². The first-order valence-corrected chi connectivity index (χ1v) is 12.6. The van der Waals surface area contributed by atoms with Crippen LogP contribution in [-0.2, 0) is 14.4 Å². The number of hydrogen-bond donors (Lipinski definition) is 4. The van der Waals surface area contributed by atoms with Crippen LogP contribution < -0.4 is 5.32 Å². The average Bonchev–Trinajstić information content (AvgIpc) is 3.22. The first-order valence-electron chi connectivity index (χ1n) is 11.7. The number of hydrogen-bond acceptors (Lipinski definition) is 8. The number of nitrogens with one attached hydrogen (secondary N) is 1. The minimum Gasteiger partial charge on any atom is -0.477 e. The Kier molecular flexibility index (Phi) is 7.35. The molecule has 0 aromatic heterocycles. The molecule has 6 atom stereocenters. The third-order valence-corrected chi connectivity index (χ3v) is 8.82. The molecule has 0 bridgehead atoms. The summed E-state index contributed by atoms with van der Waals surface area (Å²) in [6, 6.07) is -0.627. The van der Waals surface area contributed by atoms with Gasteiger partial charge in [-0.25, -0.2) is 4.79 Å². The third-order valence-electron chi connectivity index (χ3n) is 7.31. The molecule has 0 aromatic rings. The van der Waals surface area contributed by atoms with E-state index in [1.807, 2.05) is 11.8 Å². The minimum atomic E-state index is -1.13. The van der Waals surface area contributed by atoms with Gasteiger partial charge in [0, 0.05) is 48.8 Å².